The van der Waals surface area contributed by atoms with E-state index in [1.165, 1.54) is 38.0 Å². The van der Waals surface area contributed by atoms with Crippen molar-refractivity contribution in [3.63, 3.8) is 0 Å². The van der Waals surface area contributed by atoms with Crippen LogP contribution < -0.4 is 0 Å². The highest BCUT2D eigenvalue weighted by Gasteiger charge is 2.20. The second-order valence-corrected chi connectivity index (χ2v) is 13.2. The van der Waals surface area contributed by atoms with E-state index in [0.29, 0.717) is 0 Å². The first-order valence-corrected chi connectivity index (χ1v) is 15.8. The molecule has 0 amide bonds. The van der Waals surface area contributed by atoms with Gasteiger partial charge in [0.05, 0.1) is 27.8 Å². The Morgan fingerprint density at radius 1 is 0.478 bits per heavy atom. The van der Waals surface area contributed by atoms with E-state index in [0.717, 1.165) is 44.7 Å². The van der Waals surface area contributed by atoms with Crippen molar-refractivity contribution in [3.8, 4) is 22.8 Å². The van der Waals surface area contributed by atoms with Crippen molar-refractivity contribution in [2.75, 3.05) is 0 Å². The molecule has 0 unspecified atom stereocenters. The zero-order valence-electron chi connectivity index (χ0n) is 26.1. The van der Waals surface area contributed by atoms with Gasteiger partial charge in [0.1, 0.15) is 5.82 Å². The molecule has 0 N–H and O–H groups in total. The van der Waals surface area contributed by atoms with Crippen LogP contribution in [0.2, 0.25) is 0 Å². The van der Waals surface area contributed by atoms with Crippen molar-refractivity contribution in [2.45, 2.75) is 26.2 Å². The fourth-order valence-corrected chi connectivity index (χ4v) is 7.10. The maximum atomic E-state index is 4.91. The zero-order chi connectivity index (χ0) is 31.0. The van der Waals surface area contributed by atoms with Crippen LogP contribution in [0.3, 0.4) is 0 Å². The fourth-order valence-electron chi connectivity index (χ4n) is 7.10. The van der Waals surface area contributed by atoms with Gasteiger partial charge in [-0.15, -0.1) is 0 Å². The Hall–Kier alpha value is -5.74. The van der Waals surface area contributed by atoms with Gasteiger partial charge in [-0.05, 0) is 64.9 Å². The molecule has 0 fully saturated rings. The Labute approximate surface area is 267 Å². The minimum Gasteiger partial charge on any atom is -0.309 e. The van der Waals surface area contributed by atoms with E-state index in [9.17, 15) is 0 Å². The highest BCUT2D eigenvalue weighted by atomic mass is 15.1. The van der Waals surface area contributed by atoms with Crippen LogP contribution in [0.4, 0.5) is 0 Å². The molecule has 0 aliphatic rings. The van der Waals surface area contributed by atoms with E-state index in [1.54, 1.807) is 0 Å². The lowest BCUT2D eigenvalue weighted by Gasteiger charge is -2.20. The molecule has 220 valence electrons. The summed E-state index contributed by atoms with van der Waals surface area (Å²) in [6.45, 7) is 6.75. The van der Waals surface area contributed by atoms with Gasteiger partial charge in [-0.1, -0.05) is 99.6 Å². The van der Waals surface area contributed by atoms with Gasteiger partial charge in [-0.3, -0.25) is 9.55 Å². The highest BCUT2D eigenvalue weighted by molar-refractivity contribution is 6.12. The molecule has 0 aliphatic heterocycles. The third kappa shape index (κ3) is 4.00. The van der Waals surface area contributed by atoms with E-state index in [2.05, 4.69) is 157 Å². The molecule has 0 spiro atoms. The molecule has 4 heterocycles. The smallest absolute Gasteiger partial charge is 0.137 e. The normalized spacial score (nSPS) is 12.2. The predicted octanol–water partition coefficient (Wildman–Crippen LogP) is 10.8. The molecule has 46 heavy (non-hydrogen) atoms. The van der Waals surface area contributed by atoms with Crippen LogP contribution in [-0.4, -0.2) is 19.1 Å². The summed E-state index contributed by atoms with van der Waals surface area (Å²) in [5.74, 6) is 0.933. The van der Waals surface area contributed by atoms with E-state index >= 15 is 0 Å². The number of fused-ring (bicyclic) bond motifs is 7. The summed E-state index contributed by atoms with van der Waals surface area (Å²) in [5.41, 5.74) is 9.10. The monoisotopic (exact) mass is 592 g/mol. The predicted molar refractivity (Wildman–Crippen MR) is 192 cm³/mol. The number of nitrogens with zero attached hydrogens (tertiary/aromatic N) is 4. The minimum absolute atomic E-state index is 0.0151. The number of hydrogen-bond donors (Lipinski definition) is 0. The summed E-state index contributed by atoms with van der Waals surface area (Å²) < 4.78 is 4.72. The van der Waals surface area contributed by atoms with Gasteiger partial charge in [0.15, 0.2) is 0 Å². The molecule has 0 radical (unpaired) electrons. The third-order valence-corrected chi connectivity index (χ3v) is 9.38. The summed E-state index contributed by atoms with van der Waals surface area (Å²) in [6.07, 6.45) is 3.85. The molecule has 4 nitrogen and oxygen atoms in total. The van der Waals surface area contributed by atoms with Gasteiger partial charge in [-0.2, -0.15) is 0 Å². The molecule has 4 aromatic heterocycles. The van der Waals surface area contributed by atoms with Gasteiger partial charge in [-0.25, -0.2) is 4.98 Å². The first kappa shape index (κ1) is 26.6. The van der Waals surface area contributed by atoms with Crippen molar-refractivity contribution in [2.24, 2.45) is 0 Å². The first-order chi connectivity index (χ1) is 22.5. The molecule has 0 atom stereocenters. The second-order valence-electron chi connectivity index (χ2n) is 13.2. The Bertz CT molecular complexity index is 2630. The maximum Gasteiger partial charge on any atom is 0.137 e. The molecule has 0 saturated heterocycles. The SMILES string of the molecule is CC(C)(C)c1ccnc(-n2c3ccccc3c3ccc(-n4c5ccccc5c5ccc(-c6nccc7ccccc67)cc54)cc32)c1. The van der Waals surface area contributed by atoms with Crippen LogP contribution in [0.25, 0.3) is 77.1 Å². The molecular weight excluding hydrogens is 560 g/mol. The van der Waals surface area contributed by atoms with E-state index < -0.39 is 0 Å². The van der Waals surface area contributed by atoms with Gasteiger partial charge in [0, 0.05) is 50.6 Å². The van der Waals surface area contributed by atoms with E-state index in [4.69, 9.17) is 9.97 Å². The third-order valence-electron chi connectivity index (χ3n) is 9.38. The van der Waals surface area contributed by atoms with Gasteiger partial charge < -0.3 is 4.57 Å². The molecular formula is C42H32N4. The van der Waals surface area contributed by atoms with Crippen LogP contribution in [-0.2, 0) is 5.41 Å². The number of pyridine rings is 2. The van der Waals surface area contributed by atoms with Crippen LogP contribution >= 0.6 is 0 Å². The van der Waals surface area contributed by atoms with Crippen LogP contribution in [0.15, 0.2) is 140 Å². The lowest BCUT2D eigenvalue weighted by molar-refractivity contribution is 0.588. The zero-order valence-corrected chi connectivity index (χ0v) is 26.1. The Balaban J connectivity index is 1.33. The highest BCUT2D eigenvalue weighted by Crippen LogP contribution is 2.38. The van der Waals surface area contributed by atoms with Crippen molar-refractivity contribution >= 4 is 54.4 Å². The standard InChI is InChI=1S/C42H32N4/c1-42(2,3)29-21-23-43-40(25-29)46-37-15-9-7-13-33(37)35-19-17-30(26-39(35)46)45-36-14-8-6-12-32(36)34-18-16-28(24-38(34)45)41-31-11-5-4-10-27(31)20-22-44-41/h4-26H,1-3H3. The van der Waals surface area contributed by atoms with E-state index in [-0.39, 0.29) is 5.41 Å². The molecule has 9 aromatic rings. The van der Waals surface area contributed by atoms with Crippen molar-refractivity contribution in [3.05, 3.63) is 145 Å². The first-order valence-electron chi connectivity index (χ1n) is 15.8. The summed E-state index contributed by atoms with van der Waals surface area (Å²) in [6, 6.07) is 45.9. The number of aromatic nitrogens is 4. The average molecular weight is 593 g/mol. The molecule has 5 aromatic carbocycles. The van der Waals surface area contributed by atoms with Crippen LogP contribution in [0, 0.1) is 0 Å². The molecule has 0 bridgehead atoms. The van der Waals surface area contributed by atoms with Gasteiger partial charge in [0.25, 0.3) is 0 Å². The lowest BCUT2D eigenvalue weighted by Crippen LogP contribution is -2.12. The number of rotatable bonds is 3. The minimum atomic E-state index is 0.0151. The van der Waals surface area contributed by atoms with Crippen LogP contribution in [0.1, 0.15) is 26.3 Å². The quantitative estimate of drug-likeness (QED) is 0.205. The number of benzene rings is 5. The molecule has 0 saturated carbocycles. The van der Waals surface area contributed by atoms with Crippen LogP contribution in [0.5, 0.6) is 0 Å². The number of hydrogen-bond acceptors (Lipinski definition) is 2. The average Bonchev–Trinajstić information content (AvgIpc) is 3.59. The van der Waals surface area contributed by atoms with Crippen molar-refractivity contribution < 1.29 is 0 Å². The van der Waals surface area contributed by atoms with Crippen molar-refractivity contribution in [1.82, 2.24) is 19.1 Å². The Kier molecular flexibility index (Phi) is 5.72. The van der Waals surface area contributed by atoms with Gasteiger partial charge in [0.2, 0.25) is 0 Å². The lowest BCUT2D eigenvalue weighted by atomic mass is 9.88. The summed E-state index contributed by atoms with van der Waals surface area (Å²) in [7, 11) is 0. The Morgan fingerprint density at radius 2 is 1.09 bits per heavy atom. The van der Waals surface area contributed by atoms with Crippen molar-refractivity contribution in [1.29, 1.82) is 0 Å². The Morgan fingerprint density at radius 3 is 1.85 bits per heavy atom. The molecule has 4 heteroatoms. The summed E-state index contributed by atoms with van der Waals surface area (Å²) in [4.78, 5) is 9.76. The summed E-state index contributed by atoms with van der Waals surface area (Å²) >= 11 is 0. The number of para-hydroxylation sites is 2. The maximum absolute atomic E-state index is 4.91. The largest absolute Gasteiger partial charge is 0.309 e. The summed E-state index contributed by atoms with van der Waals surface area (Å²) in [5, 5.41) is 7.23. The topological polar surface area (TPSA) is 35.6 Å². The van der Waals surface area contributed by atoms with E-state index in [1.807, 2.05) is 12.4 Å². The molecule has 0 aliphatic carbocycles. The van der Waals surface area contributed by atoms with Gasteiger partial charge >= 0.3 is 0 Å². The molecule has 9 rings (SSSR count). The fraction of sp³-hybridized carbons (Fsp3) is 0.0952. The second kappa shape index (κ2) is 9.88.